The Morgan fingerprint density at radius 3 is 2.43 bits per heavy atom. The third-order valence-electron chi connectivity index (χ3n) is 5.51. The molecule has 0 aliphatic carbocycles. The number of thiocarbonyl (C=S) groups is 1. The number of carbonyl (C=O) groups is 1. The predicted molar refractivity (Wildman–Crippen MR) is 133 cm³/mol. The van der Waals surface area contributed by atoms with Crippen LogP contribution in [-0.4, -0.2) is 35.0 Å². The molecule has 0 spiro atoms. The Balaban J connectivity index is 1.69. The first-order valence-corrected chi connectivity index (χ1v) is 11.4. The van der Waals surface area contributed by atoms with E-state index in [9.17, 15) is 22.4 Å². The Labute approximate surface area is 219 Å². The van der Waals surface area contributed by atoms with Gasteiger partial charge in [-0.3, -0.25) is 9.48 Å². The van der Waals surface area contributed by atoms with Gasteiger partial charge in [-0.15, -0.1) is 0 Å². The van der Waals surface area contributed by atoms with Crippen molar-refractivity contribution in [3.8, 4) is 11.5 Å². The number of benzene rings is 2. The number of hydrogen-bond donors (Lipinski definition) is 1. The van der Waals surface area contributed by atoms with Crippen molar-refractivity contribution in [2.24, 2.45) is 0 Å². The molecule has 194 valence electrons. The number of carbonyl (C=O) groups excluding carboxylic acids is 1. The summed E-state index contributed by atoms with van der Waals surface area (Å²) in [6, 6.07) is 11.6. The Hall–Kier alpha value is -3.64. The Morgan fingerprint density at radius 2 is 1.78 bits per heavy atom. The first-order chi connectivity index (χ1) is 17.7. The van der Waals surface area contributed by atoms with Gasteiger partial charge in [0, 0.05) is 5.56 Å². The molecule has 2 heterocycles. The average Bonchev–Trinajstić information content (AvgIpc) is 3.34. The lowest BCUT2D eigenvalue weighted by atomic mass is 10.1. The predicted octanol–water partition coefficient (Wildman–Crippen LogP) is 5.74. The monoisotopic (exact) mass is 554 g/mol. The molecule has 13 heteroatoms. The number of aromatic nitrogens is 2. The number of methoxy groups -OCH3 is 2. The van der Waals surface area contributed by atoms with Gasteiger partial charge in [0.25, 0.3) is 18.8 Å². The van der Waals surface area contributed by atoms with Crippen LogP contribution in [0.1, 0.15) is 35.4 Å². The summed E-state index contributed by atoms with van der Waals surface area (Å²) in [4.78, 5) is 14.4. The largest absolute Gasteiger partial charge is 0.496 e. The lowest BCUT2D eigenvalue weighted by molar-refractivity contribution is -0.113. The van der Waals surface area contributed by atoms with Gasteiger partial charge in [-0.05, 0) is 48.1 Å². The highest BCUT2D eigenvalue weighted by Crippen LogP contribution is 2.36. The fourth-order valence-electron chi connectivity index (χ4n) is 3.85. The Morgan fingerprint density at radius 1 is 1.08 bits per heavy atom. The molecule has 0 atom stereocenters. The molecular weight excluding hydrogens is 536 g/mol. The van der Waals surface area contributed by atoms with Gasteiger partial charge in [0.1, 0.15) is 28.6 Å². The third-order valence-corrected chi connectivity index (χ3v) is 6.18. The van der Waals surface area contributed by atoms with Crippen molar-refractivity contribution in [3.63, 3.8) is 0 Å². The number of nitrogens with zero attached hydrogens (tertiary/aromatic N) is 3. The number of ether oxygens (including phenoxy) is 2. The number of hydrogen-bond acceptors (Lipinski definition) is 5. The molecule has 0 unspecified atom stereocenters. The van der Waals surface area contributed by atoms with Gasteiger partial charge in [-0.25, -0.2) is 22.5 Å². The van der Waals surface area contributed by atoms with Gasteiger partial charge in [0.15, 0.2) is 5.11 Å². The molecule has 0 bridgehead atoms. The molecule has 2 aromatic carbocycles. The van der Waals surface area contributed by atoms with Crippen molar-refractivity contribution in [1.29, 1.82) is 0 Å². The Bertz CT molecular complexity index is 1400. The minimum Gasteiger partial charge on any atom is -0.496 e. The average molecular weight is 555 g/mol. The van der Waals surface area contributed by atoms with Gasteiger partial charge >= 0.3 is 0 Å². The SMILES string of the molecule is COc1ccc(/C=C2/NC(=S)N(c3ccccc3OC)C2=O)cc1Cn1nc(C(F)F)c(Cl)c1C(F)F. The summed E-state index contributed by atoms with van der Waals surface area (Å²) in [6.45, 7) is -0.334. The molecule has 1 saturated heterocycles. The third kappa shape index (κ3) is 5.12. The summed E-state index contributed by atoms with van der Waals surface area (Å²) < 4.78 is 65.0. The molecule has 1 aliphatic rings. The van der Waals surface area contributed by atoms with E-state index in [0.717, 1.165) is 4.68 Å². The fraction of sp³-hybridized carbons (Fsp3) is 0.208. The van der Waals surface area contributed by atoms with E-state index in [0.29, 0.717) is 28.3 Å². The lowest BCUT2D eigenvalue weighted by Crippen LogP contribution is -2.30. The number of amides is 1. The second-order valence-electron chi connectivity index (χ2n) is 7.72. The van der Waals surface area contributed by atoms with Crippen LogP contribution in [0.5, 0.6) is 11.5 Å². The zero-order valence-corrected chi connectivity index (χ0v) is 20.9. The van der Waals surface area contributed by atoms with Gasteiger partial charge in [-0.1, -0.05) is 29.8 Å². The molecule has 1 amide bonds. The topological polar surface area (TPSA) is 68.6 Å². The highest BCUT2D eigenvalue weighted by Gasteiger charge is 2.34. The first-order valence-electron chi connectivity index (χ1n) is 10.7. The summed E-state index contributed by atoms with van der Waals surface area (Å²) in [5.74, 6) is 0.306. The number of alkyl halides is 4. The van der Waals surface area contributed by atoms with Crippen LogP contribution in [0, 0.1) is 0 Å². The van der Waals surface area contributed by atoms with Crippen molar-refractivity contribution in [2.75, 3.05) is 19.1 Å². The van der Waals surface area contributed by atoms with E-state index in [4.69, 9.17) is 33.3 Å². The van der Waals surface area contributed by atoms with Crippen LogP contribution in [0.4, 0.5) is 23.2 Å². The summed E-state index contributed by atoms with van der Waals surface area (Å²) in [5, 5.41) is 5.82. The molecule has 37 heavy (non-hydrogen) atoms. The van der Waals surface area contributed by atoms with Crippen molar-refractivity contribution >= 4 is 46.6 Å². The summed E-state index contributed by atoms with van der Waals surface area (Å²) in [6.07, 6.45) is -4.74. The fourth-order valence-corrected chi connectivity index (χ4v) is 4.44. The molecule has 1 aliphatic heterocycles. The van der Waals surface area contributed by atoms with Crippen LogP contribution < -0.4 is 19.7 Å². The van der Waals surface area contributed by atoms with Gasteiger partial charge in [0.05, 0.1) is 31.5 Å². The molecular formula is C24H19ClF4N4O3S. The number of nitrogens with one attached hydrogen (secondary N) is 1. The molecule has 1 fully saturated rings. The number of halogens is 5. The van der Waals surface area contributed by atoms with E-state index in [2.05, 4.69) is 10.4 Å². The number of para-hydroxylation sites is 2. The zero-order chi connectivity index (χ0) is 26.9. The van der Waals surface area contributed by atoms with Crippen molar-refractivity contribution in [2.45, 2.75) is 19.4 Å². The molecule has 1 N–H and O–H groups in total. The second-order valence-corrected chi connectivity index (χ2v) is 8.48. The van der Waals surface area contributed by atoms with Crippen LogP contribution in [0.2, 0.25) is 5.02 Å². The maximum atomic E-state index is 13.6. The molecule has 7 nitrogen and oxygen atoms in total. The van der Waals surface area contributed by atoms with Crippen LogP contribution >= 0.6 is 23.8 Å². The van der Waals surface area contributed by atoms with E-state index in [-0.39, 0.29) is 17.4 Å². The molecule has 1 aromatic heterocycles. The van der Waals surface area contributed by atoms with E-state index in [1.54, 1.807) is 42.5 Å². The molecule has 4 rings (SSSR count). The van der Waals surface area contributed by atoms with Gasteiger partial charge < -0.3 is 14.8 Å². The number of rotatable bonds is 8. The molecule has 3 aromatic rings. The normalized spacial score (nSPS) is 14.7. The van der Waals surface area contributed by atoms with Crippen molar-refractivity contribution < 1.29 is 31.8 Å². The quantitative estimate of drug-likeness (QED) is 0.218. The molecule has 0 saturated carbocycles. The van der Waals surface area contributed by atoms with Gasteiger partial charge in [-0.2, -0.15) is 5.10 Å². The summed E-state index contributed by atoms with van der Waals surface area (Å²) in [5.41, 5.74) is -0.317. The van der Waals surface area contributed by atoms with Crippen LogP contribution in [-0.2, 0) is 11.3 Å². The minimum absolute atomic E-state index is 0.141. The smallest absolute Gasteiger partial charge is 0.283 e. The molecule has 0 radical (unpaired) electrons. The van der Waals surface area contributed by atoms with Crippen molar-refractivity contribution in [3.05, 3.63) is 75.7 Å². The van der Waals surface area contributed by atoms with Crippen molar-refractivity contribution in [1.82, 2.24) is 15.1 Å². The standard InChI is InChI=1S/C24H19ClF4N4O3S/c1-35-16-8-7-12(9-13(16)11-32-20(22(28)29)18(25)19(31-32)21(26)27)10-14-23(34)33(24(37)30-14)15-5-3-4-6-17(15)36-2/h3-10,21-22H,11H2,1-2H3,(H,30,37)/b14-10+. The maximum Gasteiger partial charge on any atom is 0.283 e. The van der Waals surface area contributed by atoms with E-state index >= 15 is 0 Å². The van der Waals surface area contributed by atoms with E-state index in [1.807, 2.05) is 0 Å². The maximum absolute atomic E-state index is 13.6. The minimum atomic E-state index is -3.13. The lowest BCUT2D eigenvalue weighted by Gasteiger charge is -2.17. The summed E-state index contributed by atoms with van der Waals surface area (Å²) in [7, 11) is 2.85. The van der Waals surface area contributed by atoms with Crippen LogP contribution in [0.3, 0.4) is 0 Å². The van der Waals surface area contributed by atoms with Crippen LogP contribution in [0.25, 0.3) is 6.08 Å². The van der Waals surface area contributed by atoms with E-state index < -0.39 is 35.2 Å². The highest BCUT2D eigenvalue weighted by molar-refractivity contribution is 7.80. The first kappa shape index (κ1) is 26.4. The zero-order valence-electron chi connectivity index (χ0n) is 19.3. The highest BCUT2D eigenvalue weighted by atomic mass is 35.5. The summed E-state index contributed by atoms with van der Waals surface area (Å²) >= 11 is 11.1. The Kier molecular flexibility index (Phi) is 7.69. The van der Waals surface area contributed by atoms with Gasteiger partial charge in [0.2, 0.25) is 0 Å². The second kappa shape index (κ2) is 10.8. The number of anilines is 1. The van der Waals surface area contributed by atoms with E-state index in [1.165, 1.54) is 25.2 Å². The van der Waals surface area contributed by atoms with Crippen LogP contribution in [0.15, 0.2) is 48.2 Å².